The predicted molar refractivity (Wildman–Crippen MR) is 62.9 cm³/mol. The van der Waals surface area contributed by atoms with E-state index in [9.17, 15) is 9.90 Å². The fourth-order valence-corrected chi connectivity index (χ4v) is 3.05. The van der Waals surface area contributed by atoms with Gasteiger partial charge < -0.3 is 10.4 Å². The number of nitrogens with one attached hydrogen (secondary N) is 1. The molecule has 2 fully saturated rings. The zero-order chi connectivity index (χ0) is 10.5. The van der Waals surface area contributed by atoms with Crippen LogP contribution in [0.15, 0.2) is 30.3 Å². The summed E-state index contributed by atoms with van der Waals surface area (Å²) >= 11 is 0. The van der Waals surface area contributed by atoms with Gasteiger partial charge in [-0.25, -0.2) is 0 Å². The van der Waals surface area contributed by atoms with Gasteiger partial charge in [-0.2, -0.15) is 0 Å². The van der Waals surface area contributed by atoms with Crippen molar-refractivity contribution in [2.24, 2.45) is 5.92 Å². The Morgan fingerprint density at radius 2 is 2.06 bits per heavy atom. The molecule has 0 amide bonds. The molecule has 2 N–H and O–H groups in total. The van der Waals surface area contributed by atoms with Gasteiger partial charge in [-0.15, -0.1) is 12.4 Å². The maximum absolute atomic E-state index is 11.3. The lowest BCUT2D eigenvalue weighted by Gasteiger charge is -2.11. The molecule has 1 aromatic carbocycles. The van der Waals surface area contributed by atoms with Gasteiger partial charge in [0.25, 0.3) is 0 Å². The molecule has 1 aliphatic heterocycles. The monoisotopic (exact) mass is 239 g/mol. The third-order valence-electron chi connectivity index (χ3n) is 3.75. The number of rotatable bonds is 2. The van der Waals surface area contributed by atoms with Gasteiger partial charge in [0.2, 0.25) is 0 Å². The summed E-state index contributed by atoms with van der Waals surface area (Å²) in [5.41, 5.74) is 0.499. The Bertz CT molecular complexity index is 409. The molecular formula is C12H14ClNO2. The first-order valence-corrected chi connectivity index (χ1v) is 5.30. The Morgan fingerprint density at radius 1 is 1.38 bits per heavy atom. The van der Waals surface area contributed by atoms with E-state index in [1.165, 1.54) is 0 Å². The van der Waals surface area contributed by atoms with E-state index in [1.807, 2.05) is 30.3 Å². The van der Waals surface area contributed by atoms with Gasteiger partial charge in [0.1, 0.15) is 5.54 Å². The number of carboxylic acids is 1. The highest BCUT2D eigenvalue weighted by Crippen LogP contribution is 2.61. The van der Waals surface area contributed by atoms with Crippen molar-refractivity contribution in [1.82, 2.24) is 5.32 Å². The summed E-state index contributed by atoms with van der Waals surface area (Å²) in [4.78, 5) is 11.3. The average Bonchev–Trinajstić information content (AvgIpc) is 2.70. The van der Waals surface area contributed by atoms with Crippen LogP contribution in [0.3, 0.4) is 0 Å². The SMILES string of the molecule is Cl.O=C(O)[C@@]12NCC[C@@H]1[C@H]2c1ccccc1. The molecule has 0 aromatic heterocycles. The summed E-state index contributed by atoms with van der Waals surface area (Å²) < 4.78 is 0. The second kappa shape index (κ2) is 3.75. The largest absolute Gasteiger partial charge is 0.480 e. The number of benzene rings is 1. The zero-order valence-corrected chi connectivity index (χ0v) is 9.54. The lowest BCUT2D eigenvalue weighted by molar-refractivity contribution is -0.140. The number of halogens is 1. The van der Waals surface area contributed by atoms with E-state index in [0.717, 1.165) is 18.5 Å². The van der Waals surface area contributed by atoms with Crippen molar-refractivity contribution < 1.29 is 9.90 Å². The van der Waals surface area contributed by atoms with E-state index in [-0.39, 0.29) is 24.2 Å². The molecule has 86 valence electrons. The molecule has 1 heterocycles. The minimum atomic E-state index is -0.696. The molecule has 3 rings (SSSR count). The van der Waals surface area contributed by atoms with Crippen LogP contribution in [0.5, 0.6) is 0 Å². The van der Waals surface area contributed by atoms with Gasteiger partial charge in [0, 0.05) is 5.92 Å². The average molecular weight is 240 g/mol. The van der Waals surface area contributed by atoms with Gasteiger partial charge in [-0.05, 0) is 24.4 Å². The van der Waals surface area contributed by atoms with E-state index in [4.69, 9.17) is 0 Å². The Kier molecular flexibility index (Phi) is 2.68. The first-order chi connectivity index (χ1) is 7.27. The fraction of sp³-hybridized carbons (Fsp3) is 0.417. The second-order valence-electron chi connectivity index (χ2n) is 4.38. The minimum Gasteiger partial charge on any atom is -0.480 e. The Hall–Kier alpha value is -1.06. The summed E-state index contributed by atoms with van der Waals surface area (Å²) in [6, 6.07) is 9.95. The molecule has 1 saturated heterocycles. The first kappa shape index (κ1) is 11.4. The topological polar surface area (TPSA) is 49.3 Å². The Labute approximate surface area is 100 Å². The lowest BCUT2D eigenvalue weighted by atomic mass is 10.1. The first-order valence-electron chi connectivity index (χ1n) is 5.30. The third kappa shape index (κ3) is 1.28. The van der Waals surface area contributed by atoms with Crippen molar-refractivity contribution >= 4 is 18.4 Å². The fourth-order valence-electron chi connectivity index (χ4n) is 3.05. The van der Waals surface area contributed by atoms with E-state index in [0.29, 0.717) is 0 Å². The molecular weight excluding hydrogens is 226 g/mol. The number of piperidine rings is 1. The van der Waals surface area contributed by atoms with Crippen molar-refractivity contribution in [3.8, 4) is 0 Å². The van der Waals surface area contributed by atoms with E-state index in [2.05, 4.69) is 5.32 Å². The molecule has 1 aliphatic carbocycles. The van der Waals surface area contributed by atoms with E-state index < -0.39 is 11.5 Å². The normalized spacial score (nSPS) is 35.0. The molecule has 0 radical (unpaired) electrons. The van der Waals surface area contributed by atoms with Crippen LogP contribution in [-0.4, -0.2) is 23.2 Å². The summed E-state index contributed by atoms with van der Waals surface area (Å²) in [6.45, 7) is 0.834. The van der Waals surface area contributed by atoms with Gasteiger partial charge in [-0.3, -0.25) is 4.79 Å². The molecule has 16 heavy (non-hydrogen) atoms. The number of hydrogen-bond donors (Lipinski definition) is 2. The third-order valence-corrected chi connectivity index (χ3v) is 3.75. The Morgan fingerprint density at radius 3 is 2.62 bits per heavy atom. The summed E-state index contributed by atoms with van der Waals surface area (Å²) in [6.07, 6.45) is 0.978. The second-order valence-corrected chi connectivity index (χ2v) is 4.38. The van der Waals surface area contributed by atoms with Crippen molar-refractivity contribution in [3.05, 3.63) is 35.9 Å². The van der Waals surface area contributed by atoms with Crippen LogP contribution in [0, 0.1) is 5.92 Å². The Balaban J connectivity index is 0.000000963. The lowest BCUT2D eigenvalue weighted by Crippen LogP contribution is -2.38. The molecule has 0 bridgehead atoms. The van der Waals surface area contributed by atoms with Gasteiger partial charge in [-0.1, -0.05) is 30.3 Å². The van der Waals surface area contributed by atoms with Crippen LogP contribution >= 0.6 is 12.4 Å². The van der Waals surface area contributed by atoms with Crippen LogP contribution in [0.2, 0.25) is 0 Å². The highest BCUT2D eigenvalue weighted by Gasteiger charge is 2.72. The van der Waals surface area contributed by atoms with Crippen LogP contribution in [0.25, 0.3) is 0 Å². The number of fused-ring (bicyclic) bond motifs is 1. The highest BCUT2D eigenvalue weighted by atomic mass is 35.5. The molecule has 0 spiro atoms. The number of carbonyl (C=O) groups is 1. The van der Waals surface area contributed by atoms with Crippen molar-refractivity contribution in [2.75, 3.05) is 6.54 Å². The number of carboxylic acid groups (broad SMARTS) is 1. The van der Waals surface area contributed by atoms with Gasteiger partial charge in [0.05, 0.1) is 0 Å². The molecule has 2 aliphatic rings. The van der Waals surface area contributed by atoms with E-state index >= 15 is 0 Å². The predicted octanol–water partition coefficient (Wildman–Crippen LogP) is 1.64. The summed E-state index contributed by atoms with van der Waals surface area (Å²) in [7, 11) is 0. The van der Waals surface area contributed by atoms with Crippen molar-refractivity contribution in [2.45, 2.75) is 17.9 Å². The molecule has 0 unspecified atom stereocenters. The molecule has 3 atom stereocenters. The quantitative estimate of drug-likeness (QED) is 0.825. The van der Waals surface area contributed by atoms with Crippen molar-refractivity contribution in [3.63, 3.8) is 0 Å². The van der Waals surface area contributed by atoms with Crippen LogP contribution in [0.4, 0.5) is 0 Å². The summed E-state index contributed by atoms with van der Waals surface area (Å²) in [5.74, 6) is -0.235. The maximum Gasteiger partial charge on any atom is 0.324 e. The smallest absolute Gasteiger partial charge is 0.324 e. The van der Waals surface area contributed by atoms with E-state index in [1.54, 1.807) is 0 Å². The van der Waals surface area contributed by atoms with Gasteiger partial charge in [0.15, 0.2) is 0 Å². The number of aliphatic carboxylic acids is 1. The molecule has 1 aromatic rings. The van der Waals surface area contributed by atoms with Gasteiger partial charge >= 0.3 is 5.97 Å². The molecule has 3 nitrogen and oxygen atoms in total. The maximum atomic E-state index is 11.3. The van der Waals surface area contributed by atoms with Crippen LogP contribution in [0.1, 0.15) is 17.9 Å². The standard InChI is InChI=1S/C12H13NO2.ClH/c14-11(15)12-9(6-7-13-12)10(12)8-4-2-1-3-5-8;/h1-5,9-10,13H,6-7H2,(H,14,15);1H/t9-,10-,12-;/m1./s1. The summed E-state index contributed by atoms with van der Waals surface area (Å²) in [5, 5.41) is 12.4. The molecule has 4 heteroatoms. The van der Waals surface area contributed by atoms with Crippen LogP contribution < -0.4 is 5.32 Å². The van der Waals surface area contributed by atoms with Crippen LogP contribution in [-0.2, 0) is 4.79 Å². The zero-order valence-electron chi connectivity index (χ0n) is 8.72. The highest BCUT2D eigenvalue weighted by molar-refractivity contribution is 5.87. The molecule has 1 saturated carbocycles. The number of hydrogen-bond acceptors (Lipinski definition) is 2. The van der Waals surface area contributed by atoms with Crippen molar-refractivity contribution in [1.29, 1.82) is 0 Å². The minimum absolute atomic E-state index is 0.